The van der Waals surface area contributed by atoms with E-state index < -0.39 is 5.82 Å². The number of rotatable bonds is 5. The Morgan fingerprint density at radius 1 is 1.00 bits per heavy atom. The van der Waals surface area contributed by atoms with Gasteiger partial charge < -0.3 is 15.5 Å². The molecule has 0 spiro atoms. The number of hydrogen-bond acceptors (Lipinski definition) is 6. The van der Waals surface area contributed by atoms with Crippen molar-refractivity contribution in [3.05, 3.63) is 66.1 Å². The standard InChI is InChI=1S/C27H30FN7O/c28-23-7-3-4-8-24(23)34-18-19-17-30-26(32-25(19)35(27(34)36)22-5-1-2-6-22)31-20-9-11-21(12-10-20)33-15-13-29-14-16-33/h3-4,7-12,17,22,29H,1-2,5-6,13-16,18H2,(H,30,31,32). The molecule has 1 saturated heterocycles. The molecular formula is C27H30FN7O. The molecular weight excluding hydrogens is 457 g/mol. The number of anilines is 5. The van der Waals surface area contributed by atoms with Gasteiger partial charge in [-0.1, -0.05) is 25.0 Å². The lowest BCUT2D eigenvalue weighted by molar-refractivity contribution is 0.247. The molecule has 186 valence electrons. The maximum absolute atomic E-state index is 14.6. The highest BCUT2D eigenvalue weighted by molar-refractivity contribution is 6.06. The molecule has 2 fully saturated rings. The van der Waals surface area contributed by atoms with Gasteiger partial charge in [0.15, 0.2) is 0 Å². The van der Waals surface area contributed by atoms with Gasteiger partial charge in [-0.25, -0.2) is 14.2 Å². The minimum atomic E-state index is -0.413. The van der Waals surface area contributed by atoms with Gasteiger partial charge in [0.05, 0.1) is 12.2 Å². The zero-order valence-electron chi connectivity index (χ0n) is 20.2. The van der Waals surface area contributed by atoms with Gasteiger partial charge in [-0.2, -0.15) is 4.98 Å². The summed E-state index contributed by atoms with van der Waals surface area (Å²) in [6.45, 7) is 4.21. The number of fused-ring (bicyclic) bond motifs is 1. The number of nitrogens with one attached hydrogen (secondary N) is 2. The molecule has 2 amide bonds. The number of hydrogen-bond donors (Lipinski definition) is 2. The Hall–Kier alpha value is -3.72. The molecule has 0 radical (unpaired) electrons. The van der Waals surface area contributed by atoms with Crippen LogP contribution in [0.25, 0.3) is 0 Å². The van der Waals surface area contributed by atoms with Crippen LogP contribution in [0.5, 0.6) is 0 Å². The fraction of sp³-hybridized carbons (Fsp3) is 0.370. The van der Waals surface area contributed by atoms with E-state index in [1.54, 1.807) is 29.3 Å². The SMILES string of the molecule is O=C1N(c2ccccc2F)Cc2cnc(Nc3ccc(N4CCNCC4)cc3)nc2N1C1CCCC1. The third kappa shape index (κ3) is 4.35. The van der Waals surface area contributed by atoms with Crippen LogP contribution in [0.3, 0.4) is 0 Å². The number of carbonyl (C=O) groups excluding carboxylic acids is 1. The highest BCUT2D eigenvalue weighted by atomic mass is 19.1. The number of aromatic nitrogens is 2. The molecule has 1 saturated carbocycles. The van der Waals surface area contributed by atoms with Gasteiger partial charge in [0.25, 0.3) is 0 Å². The summed E-state index contributed by atoms with van der Waals surface area (Å²) in [6, 6.07) is 14.5. The van der Waals surface area contributed by atoms with Crippen LogP contribution in [0.15, 0.2) is 54.7 Å². The van der Waals surface area contributed by atoms with E-state index in [1.807, 2.05) is 12.1 Å². The molecule has 3 aromatic rings. The smallest absolute Gasteiger partial charge is 0.330 e. The molecule has 2 aromatic carbocycles. The number of nitrogens with zero attached hydrogens (tertiary/aromatic N) is 5. The molecule has 0 unspecified atom stereocenters. The van der Waals surface area contributed by atoms with Crippen molar-refractivity contribution in [2.24, 2.45) is 0 Å². The first-order valence-corrected chi connectivity index (χ1v) is 12.7. The van der Waals surface area contributed by atoms with Crippen molar-refractivity contribution < 1.29 is 9.18 Å². The van der Waals surface area contributed by atoms with E-state index in [1.165, 1.54) is 16.7 Å². The second-order valence-corrected chi connectivity index (χ2v) is 9.58. The predicted octanol–water partition coefficient (Wildman–Crippen LogP) is 4.66. The average Bonchev–Trinajstić information content (AvgIpc) is 3.44. The van der Waals surface area contributed by atoms with Crippen molar-refractivity contribution in [2.45, 2.75) is 38.3 Å². The fourth-order valence-corrected chi connectivity index (χ4v) is 5.39. The average molecular weight is 488 g/mol. The molecule has 1 aliphatic carbocycles. The Labute approximate surface area is 210 Å². The van der Waals surface area contributed by atoms with Crippen LogP contribution in [0.1, 0.15) is 31.2 Å². The van der Waals surface area contributed by atoms with E-state index in [0.717, 1.165) is 63.1 Å². The number of urea groups is 1. The zero-order chi connectivity index (χ0) is 24.5. The number of para-hydroxylation sites is 1. The number of benzene rings is 2. The molecule has 0 atom stereocenters. The predicted molar refractivity (Wildman–Crippen MR) is 140 cm³/mol. The van der Waals surface area contributed by atoms with E-state index >= 15 is 0 Å². The first kappa shape index (κ1) is 22.7. The monoisotopic (exact) mass is 487 g/mol. The lowest BCUT2D eigenvalue weighted by Crippen LogP contribution is -2.52. The van der Waals surface area contributed by atoms with Gasteiger partial charge in [0, 0.05) is 55.4 Å². The molecule has 2 aliphatic heterocycles. The second kappa shape index (κ2) is 9.73. The molecule has 36 heavy (non-hydrogen) atoms. The lowest BCUT2D eigenvalue weighted by atomic mass is 10.1. The van der Waals surface area contributed by atoms with Gasteiger partial charge in [-0.05, 0) is 49.2 Å². The largest absolute Gasteiger partial charge is 0.369 e. The van der Waals surface area contributed by atoms with E-state index in [0.29, 0.717) is 11.8 Å². The minimum Gasteiger partial charge on any atom is -0.369 e. The molecule has 9 heteroatoms. The summed E-state index contributed by atoms with van der Waals surface area (Å²) in [7, 11) is 0. The maximum atomic E-state index is 14.6. The molecule has 0 bridgehead atoms. The molecule has 8 nitrogen and oxygen atoms in total. The van der Waals surface area contributed by atoms with Gasteiger partial charge in [-0.3, -0.25) is 9.80 Å². The molecule has 2 N–H and O–H groups in total. The van der Waals surface area contributed by atoms with E-state index in [9.17, 15) is 9.18 Å². The third-order valence-corrected chi connectivity index (χ3v) is 7.27. The summed E-state index contributed by atoms with van der Waals surface area (Å²) >= 11 is 0. The van der Waals surface area contributed by atoms with Crippen LogP contribution in [-0.4, -0.2) is 48.2 Å². The van der Waals surface area contributed by atoms with Crippen molar-refractivity contribution in [1.29, 1.82) is 0 Å². The number of piperazine rings is 1. The van der Waals surface area contributed by atoms with Gasteiger partial charge in [0.2, 0.25) is 5.95 Å². The van der Waals surface area contributed by atoms with Gasteiger partial charge >= 0.3 is 6.03 Å². The third-order valence-electron chi connectivity index (χ3n) is 7.27. The van der Waals surface area contributed by atoms with E-state index in [-0.39, 0.29) is 24.3 Å². The van der Waals surface area contributed by atoms with Crippen molar-refractivity contribution >= 4 is 34.9 Å². The maximum Gasteiger partial charge on any atom is 0.330 e. The molecule has 3 heterocycles. The lowest BCUT2D eigenvalue weighted by Gasteiger charge is -2.39. The van der Waals surface area contributed by atoms with Crippen molar-refractivity contribution in [3.8, 4) is 0 Å². The van der Waals surface area contributed by atoms with E-state index in [2.05, 4.69) is 32.7 Å². The summed E-state index contributed by atoms with van der Waals surface area (Å²) in [6.07, 6.45) is 5.72. The van der Waals surface area contributed by atoms with Crippen LogP contribution in [-0.2, 0) is 6.54 Å². The van der Waals surface area contributed by atoms with Crippen LogP contribution in [0.2, 0.25) is 0 Å². The molecule has 1 aromatic heterocycles. The Bertz CT molecular complexity index is 1240. The summed E-state index contributed by atoms with van der Waals surface area (Å²) in [5, 5.41) is 6.67. The minimum absolute atomic E-state index is 0.0480. The highest BCUT2D eigenvalue weighted by Crippen LogP contribution is 2.37. The zero-order valence-corrected chi connectivity index (χ0v) is 20.2. The van der Waals surface area contributed by atoms with Gasteiger partial charge in [0.1, 0.15) is 11.6 Å². The highest BCUT2D eigenvalue weighted by Gasteiger charge is 2.39. The molecule has 6 rings (SSSR count). The second-order valence-electron chi connectivity index (χ2n) is 9.58. The van der Waals surface area contributed by atoms with Crippen molar-refractivity contribution in [1.82, 2.24) is 15.3 Å². The van der Waals surface area contributed by atoms with Crippen molar-refractivity contribution in [2.75, 3.05) is 46.2 Å². The summed E-state index contributed by atoms with van der Waals surface area (Å²) in [5.74, 6) is 0.650. The van der Waals surface area contributed by atoms with E-state index in [4.69, 9.17) is 4.98 Å². The van der Waals surface area contributed by atoms with Crippen LogP contribution >= 0.6 is 0 Å². The quantitative estimate of drug-likeness (QED) is 0.545. The van der Waals surface area contributed by atoms with Crippen LogP contribution < -0.4 is 25.3 Å². The fourth-order valence-electron chi connectivity index (χ4n) is 5.39. The first-order valence-electron chi connectivity index (χ1n) is 12.7. The summed E-state index contributed by atoms with van der Waals surface area (Å²) in [4.78, 5) is 28.6. The number of halogens is 1. The first-order chi connectivity index (χ1) is 17.7. The van der Waals surface area contributed by atoms with Gasteiger partial charge in [-0.15, -0.1) is 0 Å². The number of amides is 2. The summed E-state index contributed by atoms with van der Waals surface area (Å²) < 4.78 is 14.6. The number of carbonyl (C=O) groups is 1. The Kier molecular flexibility index (Phi) is 6.14. The normalized spacial score (nSPS) is 18.5. The molecule has 3 aliphatic rings. The Morgan fingerprint density at radius 2 is 1.75 bits per heavy atom. The van der Waals surface area contributed by atoms with Crippen molar-refractivity contribution in [3.63, 3.8) is 0 Å². The van der Waals surface area contributed by atoms with Crippen LogP contribution in [0, 0.1) is 5.82 Å². The summed E-state index contributed by atoms with van der Waals surface area (Å²) in [5.41, 5.74) is 3.17. The van der Waals surface area contributed by atoms with Crippen LogP contribution in [0.4, 0.5) is 38.0 Å². The Morgan fingerprint density at radius 3 is 2.50 bits per heavy atom. The topological polar surface area (TPSA) is 76.6 Å². The Balaban J connectivity index is 1.28.